The molecule has 0 saturated carbocycles. The maximum atomic E-state index is 13.6. The summed E-state index contributed by atoms with van der Waals surface area (Å²) >= 11 is 0. The Balaban J connectivity index is 1.69. The van der Waals surface area contributed by atoms with Gasteiger partial charge in [-0.3, -0.25) is 4.79 Å². The smallest absolute Gasteiger partial charge is 0.223 e. The van der Waals surface area contributed by atoms with E-state index in [9.17, 15) is 9.18 Å². The second-order valence-electron chi connectivity index (χ2n) is 7.79. The van der Waals surface area contributed by atoms with Crippen LogP contribution in [0.1, 0.15) is 43.4 Å². The van der Waals surface area contributed by atoms with Gasteiger partial charge in [0.1, 0.15) is 5.82 Å². The molecule has 1 amide bonds. The summed E-state index contributed by atoms with van der Waals surface area (Å²) in [6, 6.07) is 14.5. The number of benzene rings is 2. The Labute approximate surface area is 166 Å². The average molecular weight is 382 g/mol. The van der Waals surface area contributed by atoms with Crippen molar-refractivity contribution in [1.29, 1.82) is 0 Å². The standard InChI is InChI=1S/C23H27FN2O2/c1-16(2)11-23(27)26(14-18-8-6-9-19(24)12-18)15-20-13-22(25-28-20)21-10-5-4-7-17(21)3/h4-10,12,16,20H,11,13-15H2,1-3H3. The van der Waals surface area contributed by atoms with Crippen LogP contribution in [0.3, 0.4) is 0 Å². The van der Waals surface area contributed by atoms with Gasteiger partial charge in [-0.25, -0.2) is 4.39 Å². The van der Waals surface area contributed by atoms with Crippen LogP contribution < -0.4 is 0 Å². The molecule has 0 aliphatic carbocycles. The predicted molar refractivity (Wildman–Crippen MR) is 108 cm³/mol. The minimum atomic E-state index is -0.295. The molecule has 148 valence electrons. The molecule has 1 heterocycles. The second-order valence-corrected chi connectivity index (χ2v) is 7.79. The Bertz CT molecular complexity index is 863. The van der Waals surface area contributed by atoms with Crippen LogP contribution in [0.15, 0.2) is 53.7 Å². The zero-order chi connectivity index (χ0) is 20.1. The summed E-state index contributed by atoms with van der Waals surface area (Å²) in [6.45, 7) is 6.88. The van der Waals surface area contributed by atoms with Gasteiger partial charge >= 0.3 is 0 Å². The van der Waals surface area contributed by atoms with E-state index in [1.807, 2.05) is 51.1 Å². The van der Waals surface area contributed by atoms with Gasteiger partial charge in [0, 0.05) is 24.9 Å². The van der Waals surface area contributed by atoms with Crippen molar-refractivity contribution in [2.45, 2.75) is 46.3 Å². The van der Waals surface area contributed by atoms with Gasteiger partial charge in [0.25, 0.3) is 0 Å². The summed E-state index contributed by atoms with van der Waals surface area (Å²) in [5, 5.41) is 4.26. The van der Waals surface area contributed by atoms with Crippen molar-refractivity contribution >= 4 is 11.6 Å². The van der Waals surface area contributed by atoms with Gasteiger partial charge in [0.2, 0.25) is 5.91 Å². The predicted octanol–water partition coefficient (Wildman–Crippen LogP) is 4.70. The lowest BCUT2D eigenvalue weighted by Crippen LogP contribution is -2.37. The highest BCUT2D eigenvalue weighted by atomic mass is 19.1. The number of hydrogen-bond donors (Lipinski definition) is 0. The van der Waals surface area contributed by atoms with Gasteiger partial charge in [-0.05, 0) is 36.1 Å². The number of halogens is 1. The summed E-state index contributed by atoms with van der Waals surface area (Å²) in [7, 11) is 0. The number of hydrogen-bond acceptors (Lipinski definition) is 3. The highest BCUT2D eigenvalue weighted by molar-refractivity contribution is 6.02. The summed E-state index contributed by atoms with van der Waals surface area (Å²) < 4.78 is 13.6. The molecule has 0 aromatic heterocycles. The lowest BCUT2D eigenvalue weighted by molar-refractivity contribution is -0.134. The fourth-order valence-corrected chi connectivity index (χ4v) is 3.42. The lowest BCUT2D eigenvalue weighted by atomic mass is 10.00. The number of aryl methyl sites for hydroxylation is 1. The molecule has 28 heavy (non-hydrogen) atoms. The SMILES string of the molecule is Cc1ccccc1C1=NOC(CN(Cc2cccc(F)c2)C(=O)CC(C)C)C1. The number of carbonyl (C=O) groups is 1. The van der Waals surface area contributed by atoms with E-state index >= 15 is 0 Å². The second kappa shape index (κ2) is 9.00. The zero-order valence-electron chi connectivity index (χ0n) is 16.7. The third-order valence-electron chi connectivity index (χ3n) is 4.81. The Kier molecular flexibility index (Phi) is 6.45. The quantitative estimate of drug-likeness (QED) is 0.696. The van der Waals surface area contributed by atoms with E-state index < -0.39 is 0 Å². The maximum Gasteiger partial charge on any atom is 0.223 e. The molecule has 0 N–H and O–H groups in total. The Hall–Kier alpha value is -2.69. The van der Waals surface area contributed by atoms with Gasteiger partial charge in [-0.1, -0.05) is 55.4 Å². The van der Waals surface area contributed by atoms with Crippen molar-refractivity contribution in [1.82, 2.24) is 4.90 Å². The molecule has 0 spiro atoms. The Morgan fingerprint density at radius 1 is 1.25 bits per heavy atom. The van der Waals surface area contributed by atoms with Crippen molar-refractivity contribution in [3.8, 4) is 0 Å². The van der Waals surface area contributed by atoms with E-state index in [1.165, 1.54) is 12.1 Å². The van der Waals surface area contributed by atoms with E-state index in [-0.39, 0.29) is 23.7 Å². The molecule has 3 rings (SSSR count). The van der Waals surface area contributed by atoms with Crippen molar-refractivity contribution in [3.05, 3.63) is 71.0 Å². The summed E-state index contributed by atoms with van der Waals surface area (Å²) in [4.78, 5) is 20.2. The first-order chi connectivity index (χ1) is 13.4. The molecule has 0 radical (unpaired) electrons. The first-order valence-corrected chi connectivity index (χ1v) is 9.73. The van der Waals surface area contributed by atoms with E-state index in [0.717, 1.165) is 22.4 Å². The van der Waals surface area contributed by atoms with Crippen LogP contribution in [0.4, 0.5) is 4.39 Å². The largest absolute Gasteiger partial charge is 0.390 e. The van der Waals surface area contributed by atoms with Gasteiger partial charge in [-0.15, -0.1) is 0 Å². The molecule has 1 atom stereocenters. The molecule has 0 fully saturated rings. The number of amides is 1. The molecule has 1 unspecified atom stereocenters. The summed E-state index contributed by atoms with van der Waals surface area (Å²) in [6.07, 6.45) is 0.909. The van der Waals surface area contributed by atoms with Crippen LogP contribution in [-0.4, -0.2) is 29.2 Å². The molecular weight excluding hydrogens is 355 g/mol. The van der Waals surface area contributed by atoms with Crippen LogP contribution in [0.5, 0.6) is 0 Å². The fraction of sp³-hybridized carbons (Fsp3) is 0.391. The minimum absolute atomic E-state index is 0.0483. The molecule has 2 aromatic carbocycles. The summed E-state index contributed by atoms with van der Waals surface area (Å²) in [5.41, 5.74) is 3.91. The van der Waals surface area contributed by atoms with Crippen molar-refractivity contribution in [2.24, 2.45) is 11.1 Å². The van der Waals surface area contributed by atoms with Gasteiger partial charge < -0.3 is 9.74 Å². The molecule has 0 bridgehead atoms. The van der Waals surface area contributed by atoms with Crippen LogP contribution in [-0.2, 0) is 16.2 Å². The first kappa shape index (κ1) is 20.1. The Morgan fingerprint density at radius 2 is 2.04 bits per heavy atom. The number of rotatable bonds is 7. The fourth-order valence-electron chi connectivity index (χ4n) is 3.42. The van der Waals surface area contributed by atoms with Crippen molar-refractivity contribution < 1.29 is 14.0 Å². The number of carbonyl (C=O) groups excluding carboxylic acids is 1. The van der Waals surface area contributed by atoms with Crippen LogP contribution >= 0.6 is 0 Å². The third kappa shape index (κ3) is 5.18. The molecular formula is C23H27FN2O2. The first-order valence-electron chi connectivity index (χ1n) is 9.73. The van der Waals surface area contributed by atoms with Crippen molar-refractivity contribution in [3.63, 3.8) is 0 Å². The van der Waals surface area contributed by atoms with Crippen LogP contribution in [0.2, 0.25) is 0 Å². The highest BCUT2D eigenvalue weighted by Gasteiger charge is 2.27. The molecule has 1 aliphatic rings. The summed E-state index contributed by atoms with van der Waals surface area (Å²) in [5.74, 6) is 0.00837. The molecule has 5 heteroatoms. The Morgan fingerprint density at radius 3 is 2.75 bits per heavy atom. The van der Waals surface area contributed by atoms with Gasteiger partial charge in [0.15, 0.2) is 6.10 Å². The lowest BCUT2D eigenvalue weighted by Gasteiger charge is -2.26. The highest BCUT2D eigenvalue weighted by Crippen LogP contribution is 2.21. The van der Waals surface area contributed by atoms with E-state index in [2.05, 4.69) is 5.16 Å². The zero-order valence-corrected chi connectivity index (χ0v) is 16.7. The topological polar surface area (TPSA) is 41.9 Å². The monoisotopic (exact) mass is 382 g/mol. The molecule has 2 aromatic rings. The van der Waals surface area contributed by atoms with E-state index in [0.29, 0.717) is 25.9 Å². The number of nitrogens with zero attached hydrogens (tertiary/aromatic N) is 2. The van der Waals surface area contributed by atoms with E-state index in [4.69, 9.17) is 4.84 Å². The van der Waals surface area contributed by atoms with E-state index in [1.54, 1.807) is 11.0 Å². The molecule has 4 nitrogen and oxygen atoms in total. The minimum Gasteiger partial charge on any atom is -0.390 e. The van der Waals surface area contributed by atoms with Crippen LogP contribution in [0, 0.1) is 18.7 Å². The molecule has 1 aliphatic heterocycles. The maximum absolute atomic E-state index is 13.6. The van der Waals surface area contributed by atoms with Gasteiger partial charge in [-0.2, -0.15) is 0 Å². The van der Waals surface area contributed by atoms with Crippen LogP contribution in [0.25, 0.3) is 0 Å². The normalized spacial score (nSPS) is 16.0. The molecule has 0 saturated heterocycles. The van der Waals surface area contributed by atoms with Gasteiger partial charge in [0.05, 0.1) is 12.3 Å². The van der Waals surface area contributed by atoms with Crippen molar-refractivity contribution in [2.75, 3.05) is 6.54 Å². The third-order valence-corrected chi connectivity index (χ3v) is 4.81. The number of oxime groups is 1. The average Bonchev–Trinajstić information content (AvgIpc) is 3.09.